The Morgan fingerprint density at radius 1 is 1.17 bits per heavy atom. The minimum atomic E-state index is -0.0488. The Bertz CT molecular complexity index is 959. The third-order valence-corrected chi connectivity index (χ3v) is 6.12. The number of nitrogens with zero attached hydrogens (tertiary/aromatic N) is 3. The van der Waals surface area contributed by atoms with Gasteiger partial charge in [-0.25, -0.2) is 4.98 Å². The van der Waals surface area contributed by atoms with E-state index in [0.29, 0.717) is 23.9 Å². The molecule has 6 nitrogen and oxygen atoms in total. The second-order valence-corrected chi connectivity index (χ2v) is 8.32. The van der Waals surface area contributed by atoms with Crippen molar-refractivity contribution in [1.29, 1.82) is 0 Å². The van der Waals surface area contributed by atoms with E-state index >= 15 is 0 Å². The molecule has 1 N–H and O–H groups in total. The molecule has 0 unspecified atom stereocenters. The zero-order valence-electron chi connectivity index (χ0n) is 16.9. The molecule has 0 aliphatic carbocycles. The molecule has 152 valence electrons. The number of nitrogens with one attached hydrogen (secondary N) is 1. The Labute approximate surface area is 175 Å². The maximum atomic E-state index is 12.6. The molecule has 2 aromatic heterocycles. The van der Waals surface area contributed by atoms with Crippen LogP contribution in [0, 0.1) is 6.92 Å². The number of amides is 1. The van der Waals surface area contributed by atoms with Crippen molar-refractivity contribution in [2.75, 3.05) is 38.1 Å². The number of hydrogen-bond acceptors (Lipinski definition) is 6. The Morgan fingerprint density at radius 3 is 2.72 bits per heavy atom. The van der Waals surface area contributed by atoms with E-state index in [0.717, 1.165) is 36.6 Å². The SMILES string of the molecule is Cc1oc(-c2cccs2)nc1CC(=O)NCc1ccccc1N1CCN(C)CC1. The van der Waals surface area contributed by atoms with Crippen molar-refractivity contribution in [3.63, 3.8) is 0 Å². The Kier molecular flexibility index (Phi) is 5.97. The second kappa shape index (κ2) is 8.80. The number of benzene rings is 1. The lowest BCUT2D eigenvalue weighted by Gasteiger charge is -2.35. The zero-order valence-corrected chi connectivity index (χ0v) is 17.7. The van der Waals surface area contributed by atoms with Crippen molar-refractivity contribution in [2.45, 2.75) is 19.9 Å². The highest BCUT2D eigenvalue weighted by Crippen LogP contribution is 2.26. The summed E-state index contributed by atoms with van der Waals surface area (Å²) < 4.78 is 5.74. The maximum absolute atomic E-state index is 12.6. The summed E-state index contributed by atoms with van der Waals surface area (Å²) in [5.41, 5.74) is 3.04. The van der Waals surface area contributed by atoms with Gasteiger partial charge in [-0.05, 0) is 37.0 Å². The molecule has 3 heterocycles. The largest absolute Gasteiger partial charge is 0.440 e. The molecule has 0 atom stereocenters. The predicted molar refractivity (Wildman–Crippen MR) is 116 cm³/mol. The van der Waals surface area contributed by atoms with Crippen LogP contribution in [0.1, 0.15) is 17.0 Å². The Morgan fingerprint density at radius 2 is 1.97 bits per heavy atom. The van der Waals surface area contributed by atoms with Gasteiger partial charge in [0.05, 0.1) is 17.0 Å². The van der Waals surface area contributed by atoms with E-state index in [1.807, 2.05) is 30.5 Å². The van der Waals surface area contributed by atoms with Crippen LogP contribution in [-0.4, -0.2) is 49.0 Å². The number of para-hydroxylation sites is 1. The first-order valence-electron chi connectivity index (χ1n) is 9.88. The van der Waals surface area contributed by atoms with E-state index in [1.165, 1.54) is 5.69 Å². The van der Waals surface area contributed by atoms with Crippen LogP contribution in [0.3, 0.4) is 0 Å². The summed E-state index contributed by atoms with van der Waals surface area (Å²) in [7, 11) is 2.15. The fourth-order valence-corrected chi connectivity index (χ4v) is 4.17. The van der Waals surface area contributed by atoms with Crippen LogP contribution in [0.4, 0.5) is 5.69 Å². The molecular weight excluding hydrogens is 384 g/mol. The molecule has 0 radical (unpaired) electrons. The van der Waals surface area contributed by atoms with E-state index in [2.05, 4.69) is 45.3 Å². The van der Waals surface area contributed by atoms with Gasteiger partial charge in [0.1, 0.15) is 5.76 Å². The van der Waals surface area contributed by atoms with Crippen molar-refractivity contribution in [3.8, 4) is 10.8 Å². The lowest BCUT2D eigenvalue weighted by Crippen LogP contribution is -2.45. The molecule has 1 amide bonds. The highest BCUT2D eigenvalue weighted by Gasteiger charge is 2.18. The number of aromatic nitrogens is 1. The lowest BCUT2D eigenvalue weighted by atomic mass is 10.1. The van der Waals surface area contributed by atoms with Crippen LogP contribution in [0.2, 0.25) is 0 Å². The van der Waals surface area contributed by atoms with Gasteiger partial charge >= 0.3 is 0 Å². The predicted octanol–water partition coefficient (Wildman–Crippen LogP) is 3.32. The Hall–Kier alpha value is -2.64. The molecule has 1 fully saturated rings. The first kappa shape index (κ1) is 19.7. The number of oxazole rings is 1. The van der Waals surface area contributed by atoms with E-state index in [1.54, 1.807) is 11.3 Å². The number of likely N-dealkylation sites (N-methyl/N-ethyl adjacent to an activating group) is 1. The van der Waals surface area contributed by atoms with Crippen molar-refractivity contribution < 1.29 is 9.21 Å². The standard InChI is InChI=1S/C22H26N4O2S/c1-16-18(24-22(28-16)20-8-5-13-29-20)14-21(27)23-15-17-6-3-4-7-19(17)26-11-9-25(2)10-12-26/h3-8,13H,9-12,14-15H2,1-2H3,(H,23,27). The average Bonchev–Trinajstić information content (AvgIpc) is 3.38. The third kappa shape index (κ3) is 4.68. The zero-order chi connectivity index (χ0) is 20.2. The molecule has 1 saturated heterocycles. The van der Waals surface area contributed by atoms with Crippen molar-refractivity contribution in [3.05, 3.63) is 58.8 Å². The highest BCUT2D eigenvalue weighted by atomic mass is 32.1. The van der Waals surface area contributed by atoms with Gasteiger partial charge < -0.3 is 19.5 Å². The van der Waals surface area contributed by atoms with Crippen molar-refractivity contribution >= 4 is 22.9 Å². The highest BCUT2D eigenvalue weighted by molar-refractivity contribution is 7.13. The number of hydrogen-bond donors (Lipinski definition) is 1. The summed E-state index contributed by atoms with van der Waals surface area (Å²) in [5.74, 6) is 1.23. The maximum Gasteiger partial charge on any atom is 0.236 e. The summed E-state index contributed by atoms with van der Waals surface area (Å²) in [6.45, 7) is 6.49. The van der Waals surface area contributed by atoms with E-state index < -0.39 is 0 Å². The molecule has 0 saturated carbocycles. The van der Waals surface area contributed by atoms with Crippen LogP contribution < -0.4 is 10.2 Å². The van der Waals surface area contributed by atoms with Gasteiger partial charge in [0, 0.05) is 38.4 Å². The van der Waals surface area contributed by atoms with E-state index in [-0.39, 0.29) is 12.3 Å². The van der Waals surface area contributed by atoms with Gasteiger partial charge in [-0.15, -0.1) is 11.3 Å². The summed E-state index contributed by atoms with van der Waals surface area (Å²) >= 11 is 1.58. The van der Waals surface area contributed by atoms with Gasteiger partial charge in [-0.3, -0.25) is 4.79 Å². The molecule has 0 bridgehead atoms. The molecule has 3 aromatic rings. The normalized spacial score (nSPS) is 14.9. The van der Waals surface area contributed by atoms with Crippen LogP contribution in [0.5, 0.6) is 0 Å². The second-order valence-electron chi connectivity index (χ2n) is 7.37. The van der Waals surface area contributed by atoms with Crippen LogP contribution >= 0.6 is 11.3 Å². The van der Waals surface area contributed by atoms with Gasteiger partial charge in [-0.2, -0.15) is 0 Å². The minimum Gasteiger partial charge on any atom is -0.440 e. The van der Waals surface area contributed by atoms with E-state index in [4.69, 9.17) is 4.42 Å². The first-order chi connectivity index (χ1) is 14.1. The van der Waals surface area contributed by atoms with Crippen molar-refractivity contribution in [2.24, 2.45) is 0 Å². The molecule has 0 spiro atoms. The van der Waals surface area contributed by atoms with Gasteiger partial charge in [-0.1, -0.05) is 24.3 Å². The monoisotopic (exact) mass is 410 g/mol. The summed E-state index contributed by atoms with van der Waals surface area (Å²) in [6.07, 6.45) is 0.220. The number of rotatable bonds is 6. The number of anilines is 1. The molecular formula is C22H26N4O2S. The Balaban J connectivity index is 1.38. The summed E-state index contributed by atoms with van der Waals surface area (Å²) in [6, 6.07) is 12.2. The molecule has 1 aliphatic heterocycles. The molecule has 29 heavy (non-hydrogen) atoms. The molecule has 1 aliphatic rings. The fourth-order valence-electron chi connectivity index (χ4n) is 3.52. The number of carbonyl (C=O) groups excluding carboxylic acids is 1. The quantitative estimate of drug-likeness (QED) is 0.675. The summed E-state index contributed by atoms with van der Waals surface area (Å²) in [4.78, 5) is 22.8. The number of thiophene rings is 1. The molecule has 1 aromatic carbocycles. The van der Waals surface area contributed by atoms with Crippen LogP contribution in [0.15, 0.2) is 46.2 Å². The average molecular weight is 411 g/mol. The van der Waals surface area contributed by atoms with Crippen LogP contribution in [-0.2, 0) is 17.8 Å². The van der Waals surface area contributed by atoms with Gasteiger partial charge in [0.15, 0.2) is 0 Å². The van der Waals surface area contributed by atoms with E-state index in [9.17, 15) is 4.79 Å². The number of piperazine rings is 1. The first-order valence-corrected chi connectivity index (χ1v) is 10.8. The molecule has 7 heteroatoms. The van der Waals surface area contributed by atoms with Gasteiger partial charge in [0.25, 0.3) is 0 Å². The topological polar surface area (TPSA) is 61.6 Å². The number of aryl methyl sites for hydroxylation is 1. The minimum absolute atomic E-state index is 0.0488. The van der Waals surface area contributed by atoms with Crippen molar-refractivity contribution in [1.82, 2.24) is 15.2 Å². The summed E-state index contributed by atoms with van der Waals surface area (Å²) in [5, 5.41) is 5.04. The van der Waals surface area contributed by atoms with Crippen LogP contribution in [0.25, 0.3) is 10.8 Å². The lowest BCUT2D eigenvalue weighted by molar-refractivity contribution is -0.120. The third-order valence-electron chi connectivity index (χ3n) is 5.26. The number of carbonyl (C=O) groups is 1. The molecule has 4 rings (SSSR count). The smallest absolute Gasteiger partial charge is 0.236 e. The fraction of sp³-hybridized carbons (Fsp3) is 0.364. The van der Waals surface area contributed by atoms with Gasteiger partial charge in [0.2, 0.25) is 11.8 Å².